The molecule has 0 amide bonds. The van der Waals surface area contributed by atoms with Gasteiger partial charge >= 0.3 is 11.9 Å². The first-order valence-electron chi connectivity index (χ1n) is 5.33. The number of rotatable bonds is 5. The van der Waals surface area contributed by atoms with Gasteiger partial charge in [-0.1, -0.05) is 0 Å². The number of nitrogen functional groups attached to an aromatic ring is 1. The predicted octanol–water partition coefficient (Wildman–Crippen LogP) is -0.143. The highest BCUT2D eigenvalue weighted by molar-refractivity contribution is 5.99. The molecular formula is C10H16N4O4. The Morgan fingerprint density at radius 2 is 2.17 bits per heavy atom. The summed E-state index contributed by atoms with van der Waals surface area (Å²) in [6.45, 7) is 1.80. The third-order valence-corrected chi connectivity index (χ3v) is 2.20. The van der Waals surface area contributed by atoms with Gasteiger partial charge in [0.2, 0.25) is 0 Å². The zero-order valence-electron chi connectivity index (χ0n) is 10.5. The normalized spacial score (nSPS) is 9.94. The Balaban J connectivity index is 3.04. The number of anilines is 2. The molecule has 0 aromatic carbocycles. The molecule has 3 N–H and O–H groups in total. The largest absolute Gasteiger partial charge is 0.465 e. The Hall–Kier alpha value is -2.25. The molecule has 8 heteroatoms. The van der Waals surface area contributed by atoms with E-state index in [0.717, 1.165) is 0 Å². The SMILES string of the molecule is CCOC(=O)Cn1nc(NC)c(C(=O)OC)c1N. The summed E-state index contributed by atoms with van der Waals surface area (Å²) in [7, 11) is 2.83. The third kappa shape index (κ3) is 2.70. The molecule has 0 bridgehead atoms. The van der Waals surface area contributed by atoms with Gasteiger partial charge in [0.25, 0.3) is 0 Å². The average Bonchev–Trinajstić information content (AvgIpc) is 2.65. The van der Waals surface area contributed by atoms with Crippen LogP contribution in [0.4, 0.5) is 11.6 Å². The van der Waals surface area contributed by atoms with E-state index in [-0.39, 0.29) is 30.4 Å². The number of esters is 2. The molecule has 0 atom stereocenters. The van der Waals surface area contributed by atoms with E-state index in [4.69, 9.17) is 10.5 Å². The van der Waals surface area contributed by atoms with Crippen LogP contribution in [0.25, 0.3) is 0 Å². The fraction of sp³-hybridized carbons (Fsp3) is 0.500. The Morgan fingerprint density at radius 1 is 1.50 bits per heavy atom. The van der Waals surface area contributed by atoms with Gasteiger partial charge in [-0.3, -0.25) is 4.79 Å². The van der Waals surface area contributed by atoms with Gasteiger partial charge in [-0.2, -0.15) is 5.10 Å². The van der Waals surface area contributed by atoms with E-state index in [1.165, 1.54) is 11.8 Å². The lowest BCUT2D eigenvalue weighted by molar-refractivity contribution is -0.144. The van der Waals surface area contributed by atoms with Crippen molar-refractivity contribution in [3.8, 4) is 0 Å². The number of aromatic nitrogens is 2. The van der Waals surface area contributed by atoms with Gasteiger partial charge < -0.3 is 20.5 Å². The van der Waals surface area contributed by atoms with Crippen LogP contribution in [0.1, 0.15) is 17.3 Å². The minimum Gasteiger partial charge on any atom is -0.465 e. The number of carbonyl (C=O) groups excluding carboxylic acids is 2. The summed E-state index contributed by atoms with van der Waals surface area (Å²) in [4.78, 5) is 22.9. The topological polar surface area (TPSA) is 108 Å². The number of nitrogens with zero attached hydrogens (tertiary/aromatic N) is 2. The number of carbonyl (C=O) groups is 2. The number of nitrogens with one attached hydrogen (secondary N) is 1. The summed E-state index contributed by atoms with van der Waals surface area (Å²) in [5.41, 5.74) is 5.85. The fourth-order valence-corrected chi connectivity index (χ4v) is 1.40. The number of nitrogens with two attached hydrogens (primary N) is 1. The van der Waals surface area contributed by atoms with Gasteiger partial charge in [-0.15, -0.1) is 0 Å². The van der Waals surface area contributed by atoms with Crippen LogP contribution in [0.3, 0.4) is 0 Å². The number of methoxy groups -OCH3 is 1. The second-order valence-electron chi connectivity index (χ2n) is 3.31. The van der Waals surface area contributed by atoms with Crippen LogP contribution < -0.4 is 11.1 Å². The first kappa shape index (κ1) is 13.8. The van der Waals surface area contributed by atoms with Crippen molar-refractivity contribution in [2.45, 2.75) is 13.5 Å². The average molecular weight is 256 g/mol. The molecule has 0 fully saturated rings. The fourth-order valence-electron chi connectivity index (χ4n) is 1.40. The summed E-state index contributed by atoms with van der Waals surface area (Å²) in [5, 5.41) is 6.71. The highest BCUT2D eigenvalue weighted by Gasteiger charge is 2.23. The molecule has 0 aliphatic heterocycles. The molecule has 0 saturated carbocycles. The van der Waals surface area contributed by atoms with E-state index < -0.39 is 11.9 Å². The number of ether oxygens (including phenoxy) is 2. The monoisotopic (exact) mass is 256 g/mol. The molecule has 1 aromatic rings. The maximum absolute atomic E-state index is 11.5. The minimum atomic E-state index is -0.619. The number of hydrogen-bond acceptors (Lipinski definition) is 7. The van der Waals surface area contributed by atoms with Gasteiger partial charge in [0.1, 0.15) is 17.9 Å². The Labute approximate surface area is 104 Å². The Morgan fingerprint density at radius 3 is 2.67 bits per heavy atom. The van der Waals surface area contributed by atoms with Crippen LogP contribution >= 0.6 is 0 Å². The van der Waals surface area contributed by atoms with Crippen molar-refractivity contribution < 1.29 is 19.1 Å². The highest BCUT2D eigenvalue weighted by Crippen LogP contribution is 2.22. The van der Waals surface area contributed by atoms with E-state index >= 15 is 0 Å². The zero-order valence-corrected chi connectivity index (χ0v) is 10.5. The van der Waals surface area contributed by atoms with Crippen molar-refractivity contribution in [1.29, 1.82) is 0 Å². The number of hydrogen-bond donors (Lipinski definition) is 2. The molecule has 1 heterocycles. The zero-order chi connectivity index (χ0) is 13.7. The lowest BCUT2D eigenvalue weighted by atomic mass is 10.3. The summed E-state index contributed by atoms with van der Waals surface area (Å²) < 4.78 is 10.6. The maximum Gasteiger partial charge on any atom is 0.345 e. The van der Waals surface area contributed by atoms with E-state index in [2.05, 4.69) is 15.2 Å². The maximum atomic E-state index is 11.5. The van der Waals surface area contributed by atoms with E-state index in [1.54, 1.807) is 14.0 Å². The Kier molecular flexibility index (Phi) is 4.52. The molecule has 18 heavy (non-hydrogen) atoms. The van der Waals surface area contributed by atoms with Crippen LogP contribution in [-0.4, -0.2) is 42.5 Å². The smallest absolute Gasteiger partial charge is 0.345 e. The van der Waals surface area contributed by atoms with Crippen LogP contribution in [-0.2, 0) is 20.8 Å². The molecule has 100 valence electrons. The summed E-state index contributed by atoms with van der Waals surface area (Å²) >= 11 is 0. The molecule has 0 aliphatic rings. The molecule has 1 aromatic heterocycles. The van der Waals surface area contributed by atoms with Crippen molar-refractivity contribution in [3.63, 3.8) is 0 Å². The van der Waals surface area contributed by atoms with Crippen LogP contribution in [0.5, 0.6) is 0 Å². The standard InChI is InChI=1S/C10H16N4O4/c1-4-18-6(15)5-14-8(11)7(10(16)17-3)9(12-2)13-14/h4-5,11H2,1-3H3,(H,12,13). The first-order chi connectivity index (χ1) is 8.54. The third-order valence-electron chi connectivity index (χ3n) is 2.20. The highest BCUT2D eigenvalue weighted by atomic mass is 16.5. The van der Waals surface area contributed by atoms with Gasteiger partial charge in [-0.05, 0) is 6.92 Å². The van der Waals surface area contributed by atoms with Crippen molar-refractivity contribution in [2.75, 3.05) is 31.8 Å². The van der Waals surface area contributed by atoms with E-state index in [1.807, 2.05) is 0 Å². The summed E-state index contributed by atoms with van der Waals surface area (Å²) in [6, 6.07) is 0. The minimum absolute atomic E-state index is 0.0549. The molecule has 0 unspecified atom stereocenters. The Bertz CT molecular complexity index is 455. The molecule has 0 radical (unpaired) electrons. The van der Waals surface area contributed by atoms with Crippen molar-refractivity contribution in [2.24, 2.45) is 0 Å². The van der Waals surface area contributed by atoms with Crippen LogP contribution in [0, 0.1) is 0 Å². The van der Waals surface area contributed by atoms with E-state index in [0.29, 0.717) is 0 Å². The van der Waals surface area contributed by atoms with Crippen molar-refractivity contribution >= 4 is 23.6 Å². The summed E-state index contributed by atoms with van der Waals surface area (Å²) in [6.07, 6.45) is 0. The molecule has 1 rings (SSSR count). The quantitative estimate of drug-likeness (QED) is 0.705. The predicted molar refractivity (Wildman–Crippen MR) is 64.2 cm³/mol. The van der Waals surface area contributed by atoms with Crippen molar-refractivity contribution in [1.82, 2.24) is 9.78 Å². The van der Waals surface area contributed by atoms with Gasteiger partial charge in [0, 0.05) is 7.05 Å². The van der Waals surface area contributed by atoms with Gasteiger partial charge in [-0.25, -0.2) is 9.48 Å². The molecular weight excluding hydrogens is 240 g/mol. The lowest BCUT2D eigenvalue weighted by Crippen LogP contribution is -2.16. The second kappa shape index (κ2) is 5.89. The molecule has 0 spiro atoms. The molecule has 0 saturated heterocycles. The second-order valence-corrected chi connectivity index (χ2v) is 3.31. The molecule has 8 nitrogen and oxygen atoms in total. The van der Waals surface area contributed by atoms with Crippen molar-refractivity contribution in [3.05, 3.63) is 5.56 Å². The molecule has 0 aliphatic carbocycles. The van der Waals surface area contributed by atoms with Gasteiger partial charge in [0.15, 0.2) is 5.82 Å². The van der Waals surface area contributed by atoms with Crippen LogP contribution in [0.15, 0.2) is 0 Å². The van der Waals surface area contributed by atoms with E-state index in [9.17, 15) is 9.59 Å². The van der Waals surface area contributed by atoms with Gasteiger partial charge in [0.05, 0.1) is 13.7 Å². The first-order valence-corrected chi connectivity index (χ1v) is 5.33. The summed E-state index contributed by atoms with van der Waals surface area (Å²) in [5.74, 6) is -0.791. The van der Waals surface area contributed by atoms with Crippen LogP contribution in [0.2, 0.25) is 0 Å². The lowest BCUT2D eigenvalue weighted by Gasteiger charge is -2.04.